The molecule has 0 aliphatic carbocycles. The largest absolute Gasteiger partial charge is 0.449 e. The van der Waals surface area contributed by atoms with Gasteiger partial charge in [0.2, 0.25) is 5.58 Å². The fourth-order valence-corrected chi connectivity index (χ4v) is 6.55. The van der Waals surface area contributed by atoms with E-state index in [2.05, 4.69) is 38.4 Å². The number of aromatic nitrogens is 3. The zero-order valence-corrected chi connectivity index (χ0v) is 23.1. The first kappa shape index (κ1) is 24.4. The van der Waals surface area contributed by atoms with E-state index < -0.39 is 17.3 Å². The predicted molar refractivity (Wildman–Crippen MR) is 161 cm³/mol. The standard InChI is InChI=1S/C34H22F2N4O2/c1-16-13-23-25(18-9-5-7-11-21(18)39(23)3)27-28-26-19-10-6-8-12-22(19)40(4)24(26)14-17(2)31(28)42-34-32(41-30(16)27)20(15-37)29(35)33(36)38-34/h5-14H,1-4H3. The molecule has 0 aliphatic heterocycles. The zero-order valence-electron chi connectivity index (χ0n) is 23.1. The minimum absolute atomic E-state index is 0.261. The molecule has 4 aromatic heterocycles. The van der Waals surface area contributed by atoms with E-state index in [-0.39, 0.29) is 11.3 Å². The third-order valence-corrected chi connectivity index (χ3v) is 8.47. The number of benzene rings is 4. The summed E-state index contributed by atoms with van der Waals surface area (Å²) in [4.78, 5) is 3.78. The molecular formula is C34H22F2N4O2. The van der Waals surface area contributed by atoms with Gasteiger partial charge in [0.1, 0.15) is 22.8 Å². The van der Waals surface area contributed by atoms with Crippen molar-refractivity contribution in [2.24, 2.45) is 14.1 Å². The van der Waals surface area contributed by atoms with E-state index in [9.17, 15) is 14.0 Å². The molecule has 0 saturated carbocycles. The molecule has 0 amide bonds. The first-order valence-electron chi connectivity index (χ1n) is 13.5. The lowest BCUT2D eigenvalue weighted by atomic mass is 9.97. The molecule has 0 fully saturated rings. The van der Waals surface area contributed by atoms with Crippen LogP contribution in [0.3, 0.4) is 0 Å². The number of aryl methyl sites for hydroxylation is 4. The molecule has 0 N–H and O–H groups in total. The highest BCUT2D eigenvalue weighted by atomic mass is 19.2. The van der Waals surface area contributed by atoms with Crippen molar-refractivity contribution in [3.8, 4) is 6.07 Å². The Morgan fingerprint density at radius 2 is 1.19 bits per heavy atom. The summed E-state index contributed by atoms with van der Waals surface area (Å²) in [6, 6.07) is 22.0. The lowest BCUT2D eigenvalue weighted by Crippen LogP contribution is -1.97. The second-order valence-corrected chi connectivity index (χ2v) is 10.8. The van der Waals surface area contributed by atoms with Gasteiger partial charge in [0, 0.05) is 68.5 Å². The maximum Gasteiger partial charge on any atom is 0.267 e. The van der Waals surface area contributed by atoms with Gasteiger partial charge in [0.25, 0.3) is 11.7 Å². The molecule has 8 aromatic rings. The highest BCUT2D eigenvalue weighted by molar-refractivity contribution is 6.34. The van der Waals surface area contributed by atoms with E-state index in [0.29, 0.717) is 11.2 Å². The van der Waals surface area contributed by atoms with Gasteiger partial charge in [-0.2, -0.15) is 14.6 Å². The summed E-state index contributed by atoms with van der Waals surface area (Å²) in [7, 11) is 4.04. The van der Waals surface area contributed by atoms with Crippen LogP contribution in [-0.4, -0.2) is 14.1 Å². The lowest BCUT2D eigenvalue weighted by Gasteiger charge is -2.12. The summed E-state index contributed by atoms with van der Waals surface area (Å²) < 4.78 is 46.8. The number of hydrogen-bond donors (Lipinski definition) is 0. The van der Waals surface area contributed by atoms with Gasteiger partial charge in [-0.15, -0.1) is 0 Å². The van der Waals surface area contributed by atoms with Crippen LogP contribution < -0.4 is 0 Å². The molecule has 8 heteroatoms. The SMILES string of the molecule is Cc1cc2c(c3ccccc3n2C)c2c1oc1nc(F)c(F)c(C#N)c1oc1c(C)cc3c(c4ccccc4n3C)c12. The number of para-hydroxylation sites is 2. The molecule has 0 bridgehead atoms. The number of rotatable bonds is 0. The molecule has 4 aromatic carbocycles. The monoisotopic (exact) mass is 556 g/mol. The summed E-state index contributed by atoms with van der Waals surface area (Å²) in [5.74, 6) is -2.81. The number of nitrogens with zero attached hydrogens (tertiary/aromatic N) is 4. The van der Waals surface area contributed by atoms with E-state index in [4.69, 9.17) is 8.83 Å². The van der Waals surface area contributed by atoms with Crippen molar-refractivity contribution in [1.29, 1.82) is 5.26 Å². The molecule has 4 heterocycles. The number of nitriles is 1. The number of halogens is 2. The van der Waals surface area contributed by atoms with Crippen molar-refractivity contribution in [3.05, 3.63) is 89.1 Å². The first-order valence-corrected chi connectivity index (χ1v) is 13.5. The Hall–Kier alpha value is -5.42. The molecule has 0 atom stereocenters. The highest BCUT2D eigenvalue weighted by Gasteiger charge is 2.24. The van der Waals surface area contributed by atoms with Crippen LogP contribution in [-0.2, 0) is 14.1 Å². The quantitative estimate of drug-likeness (QED) is 0.175. The third kappa shape index (κ3) is 2.97. The van der Waals surface area contributed by atoms with Crippen molar-refractivity contribution in [1.82, 2.24) is 14.1 Å². The van der Waals surface area contributed by atoms with Crippen molar-refractivity contribution in [2.45, 2.75) is 13.8 Å². The molecule has 0 saturated heterocycles. The van der Waals surface area contributed by atoms with Crippen LogP contribution in [0.15, 0.2) is 69.5 Å². The fraction of sp³-hybridized carbons (Fsp3) is 0.118. The van der Waals surface area contributed by atoms with Gasteiger partial charge in [-0.25, -0.2) is 4.39 Å². The molecule has 0 radical (unpaired) electrons. The predicted octanol–water partition coefficient (Wildman–Crippen LogP) is 8.91. The van der Waals surface area contributed by atoms with Gasteiger partial charge in [-0.1, -0.05) is 36.4 Å². The second-order valence-electron chi connectivity index (χ2n) is 10.8. The topological polar surface area (TPSA) is 72.8 Å². The maximum absolute atomic E-state index is 14.9. The third-order valence-electron chi connectivity index (χ3n) is 8.47. The van der Waals surface area contributed by atoms with Crippen molar-refractivity contribution >= 4 is 76.8 Å². The first-order chi connectivity index (χ1) is 20.3. The molecular weight excluding hydrogens is 534 g/mol. The van der Waals surface area contributed by atoms with Gasteiger partial charge in [0.05, 0.1) is 0 Å². The summed E-state index contributed by atoms with van der Waals surface area (Å²) in [5.41, 5.74) is 5.22. The number of pyridine rings is 1. The lowest BCUT2D eigenvalue weighted by molar-refractivity contribution is 0.468. The zero-order chi connectivity index (χ0) is 29.0. The smallest absolute Gasteiger partial charge is 0.267 e. The second kappa shape index (κ2) is 8.30. The Bertz CT molecular complexity index is 2610. The Labute approximate surface area is 236 Å². The van der Waals surface area contributed by atoms with Crippen molar-refractivity contribution in [3.63, 3.8) is 0 Å². The van der Waals surface area contributed by atoms with Crippen LogP contribution in [0, 0.1) is 36.9 Å². The van der Waals surface area contributed by atoms with Gasteiger partial charge in [-0.05, 0) is 49.2 Å². The molecule has 204 valence electrons. The van der Waals surface area contributed by atoms with Gasteiger partial charge in [-0.3, -0.25) is 0 Å². The van der Waals surface area contributed by atoms with Crippen LogP contribution in [0.2, 0.25) is 0 Å². The maximum atomic E-state index is 14.9. The number of hydrogen-bond acceptors (Lipinski definition) is 4. The van der Waals surface area contributed by atoms with Crippen LogP contribution in [0.1, 0.15) is 16.7 Å². The summed E-state index contributed by atoms with van der Waals surface area (Å²) in [6.45, 7) is 3.83. The van der Waals surface area contributed by atoms with Crippen molar-refractivity contribution < 1.29 is 17.6 Å². The summed E-state index contributed by atoms with van der Waals surface area (Å²) in [5, 5.41) is 15.3. The van der Waals surface area contributed by atoms with E-state index in [1.165, 1.54) is 0 Å². The Kier molecular flexibility index (Phi) is 4.82. The average molecular weight is 557 g/mol. The van der Waals surface area contributed by atoms with Gasteiger partial charge in [0.15, 0.2) is 5.82 Å². The van der Waals surface area contributed by atoms with E-state index in [1.54, 1.807) is 6.07 Å². The molecule has 42 heavy (non-hydrogen) atoms. The van der Waals surface area contributed by atoms with Gasteiger partial charge < -0.3 is 18.0 Å². The molecule has 6 nitrogen and oxygen atoms in total. The Morgan fingerprint density at radius 1 is 0.690 bits per heavy atom. The van der Waals surface area contributed by atoms with E-state index >= 15 is 0 Å². The molecule has 0 spiro atoms. The highest BCUT2D eigenvalue weighted by Crippen LogP contribution is 2.44. The summed E-state index contributed by atoms with van der Waals surface area (Å²) in [6.07, 6.45) is 0. The fourth-order valence-electron chi connectivity index (χ4n) is 6.55. The number of fused-ring (bicyclic) bond motifs is 12. The average Bonchev–Trinajstić information content (AvgIpc) is 3.42. The van der Waals surface area contributed by atoms with E-state index in [1.807, 2.05) is 64.3 Å². The summed E-state index contributed by atoms with van der Waals surface area (Å²) >= 11 is 0. The van der Waals surface area contributed by atoms with Crippen LogP contribution in [0.5, 0.6) is 0 Å². The van der Waals surface area contributed by atoms with Crippen LogP contribution in [0.25, 0.3) is 76.8 Å². The minimum atomic E-state index is -1.43. The van der Waals surface area contributed by atoms with Gasteiger partial charge >= 0.3 is 0 Å². The minimum Gasteiger partial charge on any atom is -0.449 e. The van der Waals surface area contributed by atoms with Crippen molar-refractivity contribution in [2.75, 3.05) is 0 Å². The normalized spacial score (nSPS) is 12.0. The van der Waals surface area contributed by atoms with Crippen LogP contribution >= 0.6 is 0 Å². The molecule has 0 unspecified atom stereocenters. The Balaban J connectivity index is 1.86. The Morgan fingerprint density at radius 3 is 1.71 bits per heavy atom. The molecule has 0 aliphatic rings. The van der Waals surface area contributed by atoms with Crippen LogP contribution in [0.4, 0.5) is 8.78 Å². The molecule has 8 rings (SSSR count). The van der Waals surface area contributed by atoms with E-state index in [0.717, 1.165) is 65.5 Å².